The second-order valence-corrected chi connectivity index (χ2v) is 19.2. The van der Waals surface area contributed by atoms with Crippen LogP contribution in [0, 0.1) is 0 Å². The van der Waals surface area contributed by atoms with E-state index in [-0.39, 0.29) is 31.1 Å². The molecule has 0 saturated heterocycles. The lowest BCUT2D eigenvalue weighted by Crippen LogP contribution is -2.30. The first-order valence-corrected chi connectivity index (χ1v) is 28.8. The zero-order valence-corrected chi connectivity index (χ0v) is 44.4. The Morgan fingerprint density at radius 1 is 0.299 bits per heavy atom. The number of carbonyl (C=O) groups excluding carboxylic acids is 3. The first-order valence-electron chi connectivity index (χ1n) is 28.8. The quantitative estimate of drug-likeness (QED) is 0.0262. The van der Waals surface area contributed by atoms with E-state index >= 15 is 0 Å². The Bertz CT molecular complexity index is 1210. The average molecular weight is 938 g/mol. The van der Waals surface area contributed by atoms with E-state index in [2.05, 4.69) is 81.5 Å². The molecule has 0 radical (unpaired) electrons. The largest absolute Gasteiger partial charge is 0.462 e. The maximum atomic E-state index is 12.8. The number of unbranched alkanes of at least 4 members (excludes halogenated alkanes) is 31. The highest BCUT2D eigenvalue weighted by Crippen LogP contribution is 2.15. The van der Waals surface area contributed by atoms with E-state index in [0.717, 1.165) is 89.9 Å². The third-order valence-corrected chi connectivity index (χ3v) is 12.5. The van der Waals surface area contributed by atoms with Gasteiger partial charge >= 0.3 is 17.9 Å². The van der Waals surface area contributed by atoms with Crippen LogP contribution in [0.2, 0.25) is 0 Å². The topological polar surface area (TPSA) is 78.9 Å². The van der Waals surface area contributed by atoms with Gasteiger partial charge in [-0.05, 0) is 89.9 Å². The molecule has 0 amide bonds. The van der Waals surface area contributed by atoms with Crippen LogP contribution in [0.4, 0.5) is 0 Å². The maximum Gasteiger partial charge on any atom is 0.306 e. The molecule has 388 valence electrons. The summed E-state index contributed by atoms with van der Waals surface area (Å²) in [7, 11) is 0. The predicted octanol–water partition coefficient (Wildman–Crippen LogP) is 19.2. The summed E-state index contributed by atoms with van der Waals surface area (Å²) < 4.78 is 16.8. The average Bonchev–Trinajstić information content (AvgIpc) is 3.33. The minimum atomic E-state index is -0.779. The van der Waals surface area contributed by atoms with E-state index < -0.39 is 6.10 Å². The van der Waals surface area contributed by atoms with Gasteiger partial charge in [-0.3, -0.25) is 14.4 Å². The number of rotatable bonds is 52. The molecule has 0 N–H and O–H groups in total. The second kappa shape index (κ2) is 55.7. The molecule has 0 spiro atoms. The molecule has 0 aromatic heterocycles. The third-order valence-electron chi connectivity index (χ3n) is 12.5. The maximum absolute atomic E-state index is 12.8. The summed E-state index contributed by atoms with van der Waals surface area (Å²) in [5.74, 6) is -0.891. The smallest absolute Gasteiger partial charge is 0.306 e. The van der Waals surface area contributed by atoms with Crippen LogP contribution in [0.25, 0.3) is 0 Å². The zero-order valence-electron chi connectivity index (χ0n) is 44.4. The summed E-state index contributed by atoms with van der Waals surface area (Å²) in [5.41, 5.74) is 0. The van der Waals surface area contributed by atoms with Crippen molar-refractivity contribution in [3.8, 4) is 0 Å². The standard InChI is InChI=1S/C61H108O6/c1-4-7-10-13-16-18-20-22-24-26-28-29-30-31-33-34-36-38-40-42-45-48-51-54-60(63)66-57-58(56-65-59(62)53-50-47-44-15-12-9-6-3)67-61(64)55-52-49-46-43-41-39-37-35-32-27-25-23-21-19-17-14-11-8-5-2/h17,19-20,22-23,25-26,28,32,35,58H,4-16,18,21,24,27,29-31,33-34,36-57H2,1-3H3/b19-17-,22-20-,25-23-,28-26-,35-32-. The second-order valence-electron chi connectivity index (χ2n) is 19.2. The van der Waals surface area contributed by atoms with E-state index in [1.165, 1.54) is 161 Å². The van der Waals surface area contributed by atoms with Crippen molar-refractivity contribution < 1.29 is 28.6 Å². The fraction of sp³-hybridized carbons (Fsp3) is 0.787. The van der Waals surface area contributed by atoms with E-state index in [1.54, 1.807) is 0 Å². The molecule has 6 nitrogen and oxygen atoms in total. The van der Waals surface area contributed by atoms with Crippen molar-refractivity contribution in [2.75, 3.05) is 13.2 Å². The minimum absolute atomic E-state index is 0.0790. The highest BCUT2D eigenvalue weighted by atomic mass is 16.6. The molecular weight excluding hydrogens is 829 g/mol. The molecule has 0 fully saturated rings. The van der Waals surface area contributed by atoms with Crippen LogP contribution in [0.1, 0.15) is 290 Å². The van der Waals surface area contributed by atoms with Gasteiger partial charge in [0.15, 0.2) is 6.10 Å². The Labute approximate surface area is 415 Å². The van der Waals surface area contributed by atoms with Crippen molar-refractivity contribution in [1.82, 2.24) is 0 Å². The molecule has 0 heterocycles. The summed E-state index contributed by atoms with van der Waals surface area (Å²) >= 11 is 0. The van der Waals surface area contributed by atoms with Gasteiger partial charge in [0.25, 0.3) is 0 Å². The number of allylic oxidation sites excluding steroid dienone is 10. The first-order chi connectivity index (χ1) is 33.0. The van der Waals surface area contributed by atoms with Gasteiger partial charge in [-0.25, -0.2) is 0 Å². The molecule has 0 aliphatic rings. The van der Waals surface area contributed by atoms with Crippen LogP contribution in [-0.2, 0) is 28.6 Å². The predicted molar refractivity (Wildman–Crippen MR) is 288 cm³/mol. The molecule has 67 heavy (non-hydrogen) atoms. The Kier molecular flexibility index (Phi) is 53.3. The SMILES string of the molecule is CCCCC/C=C\C/C=C\C/C=C\CCCCCCCCC(=O)OC(COC(=O)CCCCCCCCC)COC(=O)CCCCCCCCCCCCC/C=C\C/C=C\CCCCCCC. The van der Waals surface area contributed by atoms with Gasteiger partial charge < -0.3 is 14.2 Å². The lowest BCUT2D eigenvalue weighted by Gasteiger charge is -2.18. The Hall–Kier alpha value is -2.89. The lowest BCUT2D eigenvalue weighted by atomic mass is 10.0. The Morgan fingerprint density at radius 2 is 0.537 bits per heavy atom. The van der Waals surface area contributed by atoms with E-state index in [1.807, 2.05) is 0 Å². The summed E-state index contributed by atoms with van der Waals surface area (Å²) in [6.45, 7) is 6.57. The van der Waals surface area contributed by atoms with Crippen molar-refractivity contribution in [2.45, 2.75) is 297 Å². The third kappa shape index (κ3) is 53.9. The van der Waals surface area contributed by atoms with Gasteiger partial charge in [-0.2, -0.15) is 0 Å². The van der Waals surface area contributed by atoms with Gasteiger partial charge in [-0.15, -0.1) is 0 Å². The van der Waals surface area contributed by atoms with E-state index in [4.69, 9.17) is 14.2 Å². The highest BCUT2D eigenvalue weighted by Gasteiger charge is 2.19. The van der Waals surface area contributed by atoms with Crippen LogP contribution < -0.4 is 0 Å². The molecule has 0 aliphatic heterocycles. The number of hydrogen-bond acceptors (Lipinski definition) is 6. The first kappa shape index (κ1) is 64.1. The Balaban J connectivity index is 4.20. The normalized spacial score (nSPS) is 12.5. The van der Waals surface area contributed by atoms with Gasteiger partial charge in [0.05, 0.1) is 0 Å². The number of carbonyl (C=O) groups is 3. The van der Waals surface area contributed by atoms with Crippen LogP contribution in [0.15, 0.2) is 60.8 Å². The fourth-order valence-electron chi connectivity index (χ4n) is 8.13. The Morgan fingerprint density at radius 3 is 0.866 bits per heavy atom. The lowest BCUT2D eigenvalue weighted by molar-refractivity contribution is -0.167. The van der Waals surface area contributed by atoms with Crippen LogP contribution >= 0.6 is 0 Å². The zero-order chi connectivity index (χ0) is 48.6. The molecule has 0 aromatic rings. The molecule has 6 heteroatoms. The molecule has 1 atom stereocenters. The summed E-state index contributed by atoms with van der Waals surface area (Å²) in [6.07, 6.45) is 69.4. The van der Waals surface area contributed by atoms with Crippen molar-refractivity contribution >= 4 is 17.9 Å². The van der Waals surface area contributed by atoms with Crippen LogP contribution in [-0.4, -0.2) is 37.2 Å². The number of ether oxygens (including phenoxy) is 3. The van der Waals surface area contributed by atoms with Gasteiger partial charge in [0, 0.05) is 19.3 Å². The van der Waals surface area contributed by atoms with Gasteiger partial charge in [-0.1, -0.05) is 242 Å². The van der Waals surface area contributed by atoms with Crippen molar-refractivity contribution in [1.29, 1.82) is 0 Å². The minimum Gasteiger partial charge on any atom is -0.462 e. The molecule has 0 rings (SSSR count). The monoisotopic (exact) mass is 937 g/mol. The fourth-order valence-corrected chi connectivity index (χ4v) is 8.13. The number of hydrogen-bond donors (Lipinski definition) is 0. The molecular formula is C61H108O6. The molecule has 0 saturated carbocycles. The van der Waals surface area contributed by atoms with Crippen LogP contribution in [0.5, 0.6) is 0 Å². The molecule has 0 aliphatic carbocycles. The van der Waals surface area contributed by atoms with E-state index in [0.29, 0.717) is 19.3 Å². The van der Waals surface area contributed by atoms with Crippen molar-refractivity contribution in [2.24, 2.45) is 0 Å². The van der Waals surface area contributed by atoms with Crippen molar-refractivity contribution in [3.05, 3.63) is 60.8 Å². The summed E-state index contributed by atoms with van der Waals surface area (Å²) in [4.78, 5) is 37.9. The van der Waals surface area contributed by atoms with E-state index in [9.17, 15) is 14.4 Å². The van der Waals surface area contributed by atoms with Crippen LogP contribution in [0.3, 0.4) is 0 Å². The van der Waals surface area contributed by atoms with Gasteiger partial charge in [0.1, 0.15) is 13.2 Å². The highest BCUT2D eigenvalue weighted by molar-refractivity contribution is 5.71. The van der Waals surface area contributed by atoms with Crippen molar-refractivity contribution in [3.63, 3.8) is 0 Å². The molecule has 1 unspecified atom stereocenters. The number of esters is 3. The van der Waals surface area contributed by atoms with Gasteiger partial charge in [0.2, 0.25) is 0 Å². The summed E-state index contributed by atoms with van der Waals surface area (Å²) in [6, 6.07) is 0. The molecule has 0 aromatic carbocycles. The molecule has 0 bridgehead atoms. The summed E-state index contributed by atoms with van der Waals surface area (Å²) in [5, 5.41) is 0.